The summed E-state index contributed by atoms with van der Waals surface area (Å²) in [4.78, 5) is 24.4. The average molecular weight is 388 g/mol. The van der Waals surface area contributed by atoms with Crippen LogP contribution in [0.25, 0.3) is 10.2 Å². The van der Waals surface area contributed by atoms with E-state index in [-0.39, 0.29) is 5.91 Å². The summed E-state index contributed by atoms with van der Waals surface area (Å²) in [6.07, 6.45) is 1.75. The highest BCUT2D eigenvalue weighted by Gasteiger charge is 2.23. The third-order valence-corrected chi connectivity index (χ3v) is 5.93. The molecule has 0 N–H and O–H groups in total. The maximum absolute atomic E-state index is 13.4. The summed E-state index contributed by atoms with van der Waals surface area (Å²) in [5.74, 6) is -0.0660. The van der Waals surface area contributed by atoms with Gasteiger partial charge < -0.3 is 0 Å². The quantitative estimate of drug-likeness (QED) is 0.467. The molecule has 2 heterocycles. The number of benzene rings is 2. The van der Waals surface area contributed by atoms with Crippen LogP contribution in [0.3, 0.4) is 0 Å². The topological polar surface area (TPSA) is 46.1 Å². The number of nitrogens with zero attached hydrogens (tertiary/aromatic N) is 3. The van der Waals surface area contributed by atoms with Crippen molar-refractivity contribution in [1.82, 2.24) is 9.97 Å². The van der Waals surface area contributed by atoms with E-state index < -0.39 is 0 Å². The summed E-state index contributed by atoms with van der Waals surface area (Å²) >= 11 is 1.56. The highest BCUT2D eigenvalue weighted by molar-refractivity contribution is 7.22. The van der Waals surface area contributed by atoms with Gasteiger partial charge >= 0.3 is 0 Å². The Morgan fingerprint density at radius 3 is 2.54 bits per heavy atom. The first-order chi connectivity index (χ1) is 13.5. The molecule has 4 rings (SSSR count). The number of carbonyl (C=O) groups excluding carboxylic acids is 1. The zero-order valence-corrected chi connectivity index (χ0v) is 17.0. The molecule has 0 aliphatic heterocycles. The first kappa shape index (κ1) is 18.3. The van der Waals surface area contributed by atoms with Gasteiger partial charge in [0.15, 0.2) is 5.13 Å². The summed E-state index contributed by atoms with van der Waals surface area (Å²) in [6.45, 7) is 6.50. The first-order valence-corrected chi connectivity index (χ1v) is 10.00. The highest BCUT2D eigenvalue weighted by Crippen LogP contribution is 2.34. The molecule has 0 unspecified atom stereocenters. The molecule has 2 aromatic heterocycles. The van der Waals surface area contributed by atoms with Crippen molar-refractivity contribution in [3.63, 3.8) is 0 Å². The third-order valence-electron chi connectivity index (χ3n) is 4.72. The van der Waals surface area contributed by atoms with Crippen molar-refractivity contribution in [2.75, 3.05) is 4.90 Å². The maximum Gasteiger partial charge on any atom is 0.260 e. The lowest BCUT2D eigenvalue weighted by molar-refractivity contribution is 0.0984. The molecule has 1 amide bonds. The SMILES string of the molecule is Cc1cccc(C(=O)N(Cc2ccccn2)c2nc3c(C)ccc(C)c3s2)c1. The average Bonchev–Trinajstić information content (AvgIpc) is 3.16. The van der Waals surface area contributed by atoms with Crippen LogP contribution < -0.4 is 4.90 Å². The highest BCUT2D eigenvalue weighted by atomic mass is 32.1. The molecule has 0 radical (unpaired) electrons. The molecule has 4 aromatic rings. The van der Waals surface area contributed by atoms with Crippen LogP contribution in [-0.2, 0) is 6.54 Å². The van der Waals surface area contributed by atoms with Crippen molar-refractivity contribution in [3.8, 4) is 0 Å². The Kier molecular flexibility index (Phi) is 4.92. The Morgan fingerprint density at radius 1 is 1.00 bits per heavy atom. The summed E-state index contributed by atoms with van der Waals surface area (Å²) in [5, 5.41) is 0.699. The van der Waals surface area contributed by atoms with E-state index >= 15 is 0 Å². The zero-order valence-electron chi connectivity index (χ0n) is 16.1. The van der Waals surface area contributed by atoms with Gasteiger partial charge in [0.1, 0.15) is 0 Å². The fourth-order valence-corrected chi connectivity index (χ4v) is 4.29. The van der Waals surface area contributed by atoms with Gasteiger partial charge in [0.05, 0.1) is 22.5 Å². The monoisotopic (exact) mass is 387 g/mol. The lowest BCUT2D eigenvalue weighted by atomic mass is 10.1. The van der Waals surface area contributed by atoms with Gasteiger partial charge in [-0.25, -0.2) is 4.98 Å². The molecule has 0 saturated heterocycles. The molecule has 0 spiro atoms. The van der Waals surface area contributed by atoms with Crippen molar-refractivity contribution < 1.29 is 4.79 Å². The van der Waals surface area contributed by atoms with Crippen LogP contribution in [0.5, 0.6) is 0 Å². The lowest BCUT2D eigenvalue weighted by Gasteiger charge is -2.20. The van der Waals surface area contributed by atoms with E-state index in [1.54, 1.807) is 22.4 Å². The molecule has 0 bridgehead atoms. The van der Waals surface area contributed by atoms with Crippen LogP contribution in [0.15, 0.2) is 60.8 Å². The number of amides is 1. The van der Waals surface area contributed by atoms with E-state index in [1.807, 2.05) is 49.4 Å². The second kappa shape index (κ2) is 7.52. The minimum Gasteiger partial charge on any atom is -0.278 e. The maximum atomic E-state index is 13.4. The number of anilines is 1. The summed E-state index contributed by atoms with van der Waals surface area (Å²) < 4.78 is 1.12. The predicted octanol–water partition coefficient (Wildman–Crippen LogP) is 5.46. The Morgan fingerprint density at radius 2 is 1.82 bits per heavy atom. The lowest BCUT2D eigenvalue weighted by Crippen LogP contribution is -2.30. The second-order valence-electron chi connectivity index (χ2n) is 6.96. The number of thiazole rings is 1. The molecular weight excluding hydrogens is 366 g/mol. The molecule has 4 nitrogen and oxygen atoms in total. The molecule has 0 aliphatic carbocycles. The fraction of sp³-hybridized carbons (Fsp3) is 0.174. The van der Waals surface area contributed by atoms with Gasteiger partial charge in [-0.05, 0) is 56.2 Å². The minimum atomic E-state index is -0.0660. The Labute approximate surface area is 168 Å². The van der Waals surface area contributed by atoms with Crippen molar-refractivity contribution in [2.45, 2.75) is 27.3 Å². The molecule has 0 aliphatic rings. The zero-order chi connectivity index (χ0) is 19.7. The van der Waals surface area contributed by atoms with Gasteiger partial charge in [0, 0.05) is 11.8 Å². The number of rotatable bonds is 4. The van der Waals surface area contributed by atoms with E-state index in [4.69, 9.17) is 4.98 Å². The van der Waals surface area contributed by atoms with E-state index in [0.717, 1.165) is 27.0 Å². The molecule has 2 aromatic carbocycles. The number of pyridine rings is 1. The standard InChI is InChI=1S/C23H21N3OS/c1-15-7-6-8-18(13-15)22(27)26(14-19-9-4-5-12-24-19)23-25-20-16(2)10-11-17(3)21(20)28-23/h4-13H,14H2,1-3H3. The number of hydrogen-bond acceptors (Lipinski definition) is 4. The minimum absolute atomic E-state index is 0.0660. The van der Waals surface area contributed by atoms with E-state index in [2.05, 4.69) is 31.0 Å². The Hall–Kier alpha value is -3.05. The smallest absolute Gasteiger partial charge is 0.260 e. The Bertz CT molecular complexity index is 1110. The van der Waals surface area contributed by atoms with E-state index in [1.165, 1.54) is 5.56 Å². The third kappa shape index (κ3) is 3.53. The van der Waals surface area contributed by atoms with Crippen LogP contribution in [0.2, 0.25) is 0 Å². The largest absolute Gasteiger partial charge is 0.278 e. The van der Waals surface area contributed by atoms with Crippen molar-refractivity contribution in [3.05, 3.63) is 88.7 Å². The predicted molar refractivity (Wildman–Crippen MR) is 115 cm³/mol. The fourth-order valence-electron chi connectivity index (χ4n) is 3.18. The van der Waals surface area contributed by atoms with Crippen molar-refractivity contribution in [1.29, 1.82) is 0 Å². The molecule has 5 heteroatoms. The summed E-state index contributed by atoms with van der Waals surface area (Å²) in [6, 6.07) is 17.6. The number of aryl methyl sites for hydroxylation is 3. The van der Waals surface area contributed by atoms with Crippen LogP contribution >= 0.6 is 11.3 Å². The Balaban J connectivity index is 1.82. The summed E-state index contributed by atoms with van der Waals surface area (Å²) in [5.41, 5.74) is 5.79. The van der Waals surface area contributed by atoms with Gasteiger partial charge in [-0.1, -0.05) is 47.2 Å². The number of hydrogen-bond donors (Lipinski definition) is 0. The molecule has 0 saturated carbocycles. The van der Waals surface area contributed by atoms with Gasteiger partial charge in [0.2, 0.25) is 0 Å². The number of aromatic nitrogens is 2. The summed E-state index contributed by atoms with van der Waals surface area (Å²) in [7, 11) is 0. The first-order valence-electron chi connectivity index (χ1n) is 9.18. The van der Waals surface area contributed by atoms with Gasteiger partial charge in [-0.2, -0.15) is 0 Å². The van der Waals surface area contributed by atoms with Crippen molar-refractivity contribution >= 4 is 32.6 Å². The molecular formula is C23H21N3OS. The molecule has 0 fully saturated rings. The molecule has 28 heavy (non-hydrogen) atoms. The number of fused-ring (bicyclic) bond motifs is 1. The normalized spacial score (nSPS) is 11.0. The van der Waals surface area contributed by atoms with Gasteiger partial charge in [-0.3, -0.25) is 14.7 Å². The molecule has 0 atom stereocenters. The van der Waals surface area contributed by atoms with Gasteiger partial charge in [0.25, 0.3) is 5.91 Å². The van der Waals surface area contributed by atoms with E-state index in [0.29, 0.717) is 17.2 Å². The van der Waals surface area contributed by atoms with Crippen LogP contribution in [0, 0.1) is 20.8 Å². The number of carbonyl (C=O) groups is 1. The van der Waals surface area contributed by atoms with Crippen molar-refractivity contribution in [2.24, 2.45) is 0 Å². The van der Waals surface area contributed by atoms with Crippen LogP contribution in [0.1, 0.15) is 32.7 Å². The van der Waals surface area contributed by atoms with Crippen LogP contribution in [0.4, 0.5) is 5.13 Å². The van der Waals surface area contributed by atoms with Gasteiger partial charge in [-0.15, -0.1) is 0 Å². The molecule has 140 valence electrons. The van der Waals surface area contributed by atoms with Crippen LogP contribution in [-0.4, -0.2) is 15.9 Å². The van der Waals surface area contributed by atoms with E-state index in [9.17, 15) is 4.79 Å². The second-order valence-corrected chi connectivity index (χ2v) is 7.93.